The van der Waals surface area contributed by atoms with E-state index in [2.05, 4.69) is 45.3 Å². The molecule has 4 aromatic rings. The summed E-state index contributed by atoms with van der Waals surface area (Å²) in [6.07, 6.45) is 10.7. The molecule has 1 aromatic carbocycles. The molecule has 0 bridgehead atoms. The number of hydrogen-bond acceptors (Lipinski definition) is 7. The summed E-state index contributed by atoms with van der Waals surface area (Å²) >= 11 is 0. The van der Waals surface area contributed by atoms with Gasteiger partial charge in [0, 0.05) is 36.6 Å². The number of benzene rings is 1. The topological polar surface area (TPSA) is 104 Å². The second kappa shape index (κ2) is 11.2. The van der Waals surface area contributed by atoms with Crippen molar-refractivity contribution in [1.29, 1.82) is 0 Å². The number of ketones is 1. The van der Waals surface area contributed by atoms with E-state index in [9.17, 15) is 9.59 Å². The van der Waals surface area contributed by atoms with Gasteiger partial charge >= 0.3 is 5.97 Å². The molecule has 9 heteroatoms. The molecule has 1 saturated carbocycles. The third kappa shape index (κ3) is 5.54. The highest BCUT2D eigenvalue weighted by molar-refractivity contribution is 6.01. The number of esters is 1. The van der Waals surface area contributed by atoms with Crippen molar-refractivity contribution in [2.24, 2.45) is 11.8 Å². The number of carbonyl (C=O) groups is 2. The minimum absolute atomic E-state index is 0.0586. The molecular formula is C32H38N6O3. The van der Waals surface area contributed by atoms with E-state index < -0.39 is 17.5 Å². The fourth-order valence-electron chi connectivity index (χ4n) is 6.80. The summed E-state index contributed by atoms with van der Waals surface area (Å²) in [5.74, 6) is -0.233. The molecule has 2 atom stereocenters. The van der Waals surface area contributed by atoms with Gasteiger partial charge in [-0.05, 0) is 80.7 Å². The lowest BCUT2D eigenvalue weighted by Crippen LogP contribution is -2.52. The zero-order chi connectivity index (χ0) is 28.6. The Morgan fingerprint density at radius 3 is 2.63 bits per heavy atom. The van der Waals surface area contributed by atoms with Crippen molar-refractivity contribution in [2.45, 2.75) is 90.7 Å². The molecule has 1 aliphatic carbocycles. The summed E-state index contributed by atoms with van der Waals surface area (Å²) in [5, 5.41) is 8.88. The number of fused-ring (bicyclic) bond motifs is 1. The number of aryl methyl sites for hydroxylation is 4. The van der Waals surface area contributed by atoms with Crippen molar-refractivity contribution in [3.8, 4) is 0 Å². The number of aromatic nitrogens is 6. The molecule has 6 rings (SSSR count). The first kappa shape index (κ1) is 27.3. The third-order valence-corrected chi connectivity index (χ3v) is 8.98. The second-order valence-corrected chi connectivity index (χ2v) is 11.8. The molecule has 2 aliphatic rings. The molecule has 0 spiro atoms. The van der Waals surface area contributed by atoms with Crippen LogP contribution in [0.2, 0.25) is 0 Å². The first-order valence-corrected chi connectivity index (χ1v) is 14.9. The minimum atomic E-state index is -0.878. The van der Waals surface area contributed by atoms with Gasteiger partial charge in [-0.3, -0.25) is 14.3 Å². The first-order valence-electron chi connectivity index (χ1n) is 14.9. The van der Waals surface area contributed by atoms with E-state index in [0.717, 1.165) is 56.5 Å². The van der Waals surface area contributed by atoms with Gasteiger partial charge in [0.2, 0.25) is 0 Å². The third-order valence-electron chi connectivity index (χ3n) is 8.98. The van der Waals surface area contributed by atoms with Crippen LogP contribution in [0.25, 0.3) is 5.78 Å². The lowest BCUT2D eigenvalue weighted by atomic mass is 9.73. The number of Topliss-reactive ketones (excluding diaryl/α,β-unsaturated/α-hetero) is 1. The molecule has 0 radical (unpaired) electrons. The van der Waals surface area contributed by atoms with Crippen LogP contribution in [0.15, 0.2) is 42.7 Å². The maximum Gasteiger partial charge on any atom is 0.317 e. The highest BCUT2D eigenvalue weighted by atomic mass is 16.6. The van der Waals surface area contributed by atoms with Crippen LogP contribution in [-0.4, -0.2) is 46.7 Å². The van der Waals surface area contributed by atoms with Crippen LogP contribution in [0.5, 0.6) is 0 Å². The van der Waals surface area contributed by atoms with Gasteiger partial charge in [-0.1, -0.05) is 38.0 Å². The maximum absolute atomic E-state index is 13.6. The Labute approximate surface area is 240 Å². The van der Waals surface area contributed by atoms with Crippen molar-refractivity contribution in [1.82, 2.24) is 29.4 Å². The highest BCUT2D eigenvalue weighted by Crippen LogP contribution is 2.45. The van der Waals surface area contributed by atoms with E-state index in [1.165, 1.54) is 16.7 Å². The zero-order valence-electron chi connectivity index (χ0n) is 24.2. The summed E-state index contributed by atoms with van der Waals surface area (Å²) in [4.78, 5) is 36.1. The number of ether oxygens (including phenoxy) is 1. The fraction of sp³-hybridized carbons (Fsp3) is 0.500. The molecule has 1 aliphatic heterocycles. The average Bonchev–Trinajstić information content (AvgIpc) is 3.73. The quantitative estimate of drug-likeness (QED) is 0.217. The molecule has 2 fully saturated rings. The van der Waals surface area contributed by atoms with Crippen molar-refractivity contribution in [2.75, 3.05) is 0 Å². The first-order chi connectivity index (χ1) is 19.8. The Bertz CT molecular complexity index is 1550. The standard InChI is InChI=1S/C32H38N6O3/c1-4-24-17-23(10-11-25(24)20-37-15-7-14-33-37)12-13-32(26-8-5-6-9-26)19-28(39)27(30(40)41-32)18-29-35-31-34-21(2)16-22(3)38(31)36-29/h7,10-11,14-17,26-27H,4-6,8-9,12-13,18-20H2,1-3H3. The summed E-state index contributed by atoms with van der Waals surface area (Å²) in [6.45, 7) is 6.76. The maximum atomic E-state index is 13.6. The van der Waals surface area contributed by atoms with Crippen LogP contribution >= 0.6 is 0 Å². The smallest absolute Gasteiger partial charge is 0.317 e. The van der Waals surface area contributed by atoms with Gasteiger partial charge in [-0.15, -0.1) is 5.10 Å². The van der Waals surface area contributed by atoms with E-state index in [-0.39, 0.29) is 24.5 Å². The van der Waals surface area contributed by atoms with E-state index in [0.29, 0.717) is 18.0 Å². The normalized spacial score (nSPS) is 21.6. The largest absolute Gasteiger partial charge is 0.458 e. The van der Waals surface area contributed by atoms with Gasteiger partial charge in [-0.25, -0.2) is 9.50 Å². The summed E-state index contributed by atoms with van der Waals surface area (Å²) in [7, 11) is 0. The Balaban J connectivity index is 1.19. The fourth-order valence-corrected chi connectivity index (χ4v) is 6.80. The Morgan fingerprint density at radius 1 is 1.07 bits per heavy atom. The molecule has 4 heterocycles. The van der Waals surface area contributed by atoms with Gasteiger partial charge in [0.05, 0.1) is 6.54 Å². The summed E-state index contributed by atoms with van der Waals surface area (Å²) < 4.78 is 9.95. The Kier molecular flexibility index (Phi) is 7.45. The summed E-state index contributed by atoms with van der Waals surface area (Å²) in [6, 6.07) is 10.5. The molecule has 3 aromatic heterocycles. The van der Waals surface area contributed by atoms with Crippen LogP contribution in [-0.2, 0) is 40.1 Å². The number of carbonyl (C=O) groups excluding carboxylic acids is 2. The zero-order valence-corrected chi connectivity index (χ0v) is 24.2. The lowest BCUT2D eigenvalue weighted by molar-refractivity contribution is -0.185. The second-order valence-electron chi connectivity index (χ2n) is 11.8. The molecule has 41 heavy (non-hydrogen) atoms. The van der Waals surface area contributed by atoms with Crippen LogP contribution < -0.4 is 0 Å². The number of nitrogens with zero attached hydrogens (tertiary/aromatic N) is 6. The lowest BCUT2D eigenvalue weighted by Gasteiger charge is -2.43. The van der Waals surface area contributed by atoms with Crippen LogP contribution in [0, 0.1) is 25.7 Å². The summed E-state index contributed by atoms with van der Waals surface area (Å²) in [5.41, 5.74) is 4.77. The Morgan fingerprint density at radius 2 is 1.90 bits per heavy atom. The van der Waals surface area contributed by atoms with Gasteiger partial charge in [0.15, 0.2) is 11.6 Å². The molecule has 2 unspecified atom stereocenters. The van der Waals surface area contributed by atoms with Gasteiger partial charge in [-0.2, -0.15) is 10.1 Å². The minimum Gasteiger partial charge on any atom is -0.458 e. The molecule has 1 saturated heterocycles. The molecule has 0 N–H and O–H groups in total. The predicted molar refractivity (Wildman–Crippen MR) is 153 cm³/mol. The van der Waals surface area contributed by atoms with Gasteiger partial charge < -0.3 is 4.74 Å². The van der Waals surface area contributed by atoms with E-state index >= 15 is 0 Å². The number of hydrogen-bond donors (Lipinski definition) is 0. The molecule has 0 amide bonds. The molecular weight excluding hydrogens is 516 g/mol. The predicted octanol–water partition coefficient (Wildman–Crippen LogP) is 4.78. The van der Waals surface area contributed by atoms with Gasteiger partial charge in [0.25, 0.3) is 5.78 Å². The molecule has 9 nitrogen and oxygen atoms in total. The van der Waals surface area contributed by atoms with Crippen molar-refractivity contribution in [3.05, 3.63) is 76.6 Å². The van der Waals surface area contributed by atoms with Gasteiger partial charge in [0.1, 0.15) is 11.5 Å². The SMILES string of the molecule is CCc1cc(CCC2(C3CCCC3)CC(=O)C(Cc3nc4nc(C)cc(C)n4n3)C(=O)O2)ccc1Cn1cccn1. The number of cyclic esters (lactones) is 1. The monoisotopic (exact) mass is 554 g/mol. The van der Waals surface area contributed by atoms with E-state index in [1.807, 2.05) is 36.9 Å². The van der Waals surface area contributed by atoms with Crippen LogP contribution in [0.4, 0.5) is 0 Å². The van der Waals surface area contributed by atoms with Crippen molar-refractivity contribution < 1.29 is 14.3 Å². The Hall–Kier alpha value is -3.88. The highest BCUT2D eigenvalue weighted by Gasteiger charge is 2.51. The number of rotatable bonds is 9. The van der Waals surface area contributed by atoms with E-state index in [4.69, 9.17) is 4.74 Å². The van der Waals surface area contributed by atoms with Crippen LogP contribution in [0.3, 0.4) is 0 Å². The van der Waals surface area contributed by atoms with Crippen LogP contribution in [0.1, 0.15) is 79.4 Å². The van der Waals surface area contributed by atoms with Crippen molar-refractivity contribution >= 4 is 17.5 Å². The van der Waals surface area contributed by atoms with Crippen molar-refractivity contribution in [3.63, 3.8) is 0 Å². The van der Waals surface area contributed by atoms with E-state index in [1.54, 1.807) is 10.7 Å². The molecule has 214 valence electrons. The average molecular weight is 555 g/mol.